The van der Waals surface area contributed by atoms with Crippen molar-refractivity contribution in [1.29, 1.82) is 0 Å². The molecule has 3 heterocycles. The first-order chi connectivity index (χ1) is 13.8. The molecule has 0 N–H and O–H groups in total. The Morgan fingerprint density at radius 1 is 1.24 bits per heavy atom. The number of para-hydroxylation sites is 1. The van der Waals surface area contributed by atoms with Gasteiger partial charge in [-0.1, -0.05) is 18.2 Å². The zero-order valence-electron chi connectivity index (χ0n) is 16.6. The highest BCUT2D eigenvalue weighted by atomic mass is 16.6. The van der Waals surface area contributed by atoms with Crippen LogP contribution in [0.2, 0.25) is 0 Å². The van der Waals surface area contributed by atoms with Crippen LogP contribution in [0.3, 0.4) is 0 Å². The van der Waals surface area contributed by atoms with Gasteiger partial charge in [-0.15, -0.1) is 0 Å². The highest BCUT2D eigenvalue weighted by molar-refractivity contribution is 5.71. The second-order valence-corrected chi connectivity index (χ2v) is 7.68. The summed E-state index contributed by atoms with van der Waals surface area (Å²) < 4.78 is 18.3. The molecule has 3 aromatic rings. The van der Waals surface area contributed by atoms with Gasteiger partial charge in [0.2, 0.25) is 0 Å². The van der Waals surface area contributed by atoms with Crippen molar-refractivity contribution in [3.63, 3.8) is 0 Å². The molecule has 29 heavy (non-hydrogen) atoms. The fourth-order valence-electron chi connectivity index (χ4n) is 3.47. The molecule has 0 bridgehead atoms. The van der Waals surface area contributed by atoms with Crippen LogP contribution in [0.4, 0.5) is 0 Å². The van der Waals surface area contributed by atoms with Crippen LogP contribution in [0.1, 0.15) is 30.8 Å². The molecule has 0 atom stereocenters. The summed E-state index contributed by atoms with van der Waals surface area (Å²) in [4.78, 5) is 28.8. The van der Waals surface area contributed by atoms with Gasteiger partial charge in [0.1, 0.15) is 17.9 Å². The molecular formula is C22H22N2O5. The fourth-order valence-corrected chi connectivity index (χ4v) is 3.47. The largest absolute Gasteiger partial charge is 0.483 e. The minimum atomic E-state index is -0.550. The summed E-state index contributed by atoms with van der Waals surface area (Å²) in [7, 11) is 0. The summed E-state index contributed by atoms with van der Waals surface area (Å²) >= 11 is 0. The van der Waals surface area contributed by atoms with Crippen LogP contribution in [-0.4, -0.2) is 27.6 Å². The van der Waals surface area contributed by atoms with E-state index >= 15 is 0 Å². The lowest BCUT2D eigenvalue weighted by Crippen LogP contribution is -2.25. The number of pyridine rings is 1. The molecule has 4 rings (SSSR count). The normalized spacial score (nSPS) is 14.3. The van der Waals surface area contributed by atoms with Crippen LogP contribution in [0.5, 0.6) is 11.5 Å². The number of fused-ring (bicyclic) bond motifs is 2. The second-order valence-electron chi connectivity index (χ2n) is 7.68. The first kappa shape index (κ1) is 19.0. The van der Waals surface area contributed by atoms with E-state index in [0.717, 1.165) is 17.7 Å². The number of carbonyl (C=O) groups is 1. The number of esters is 1. The summed E-state index contributed by atoms with van der Waals surface area (Å²) in [5, 5.41) is 0. The maximum atomic E-state index is 12.3. The average Bonchev–Trinajstić information content (AvgIpc) is 2.99. The smallest absolute Gasteiger partial charge is 0.344 e. The van der Waals surface area contributed by atoms with E-state index in [4.69, 9.17) is 14.2 Å². The number of hydrogen-bond acceptors (Lipinski definition) is 6. The van der Waals surface area contributed by atoms with E-state index in [2.05, 4.69) is 4.98 Å². The van der Waals surface area contributed by atoms with Gasteiger partial charge < -0.3 is 14.2 Å². The fraction of sp³-hybridized carbons (Fsp3) is 0.318. The van der Waals surface area contributed by atoms with E-state index in [1.165, 1.54) is 10.5 Å². The van der Waals surface area contributed by atoms with Crippen LogP contribution >= 0.6 is 0 Å². The second kappa shape index (κ2) is 7.24. The maximum Gasteiger partial charge on any atom is 0.344 e. The zero-order valence-corrected chi connectivity index (χ0v) is 16.6. The molecule has 0 fully saturated rings. The number of hydrogen-bond donors (Lipinski definition) is 0. The molecule has 0 saturated heterocycles. The Morgan fingerprint density at radius 2 is 2.03 bits per heavy atom. The highest BCUT2D eigenvalue weighted by Crippen LogP contribution is 2.41. The van der Waals surface area contributed by atoms with Crippen LogP contribution in [-0.2, 0) is 22.6 Å². The van der Waals surface area contributed by atoms with Gasteiger partial charge in [0.15, 0.2) is 18.1 Å². The average molecular weight is 394 g/mol. The SMILES string of the molecule is Cc1cccc2nc(COC(=O)COc3cccc4c3OC(C)(C)C4)cc(=O)n12. The van der Waals surface area contributed by atoms with Gasteiger partial charge in [-0.25, -0.2) is 9.78 Å². The first-order valence-electron chi connectivity index (χ1n) is 9.40. The number of aryl methyl sites for hydroxylation is 1. The number of aromatic nitrogens is 2. The zero-order chi connectivity index (χ0) is 20.6. The van der Waals surface area contributed by atoms with Crippen molar-refractivity contribution in [2.45, 2.75) is 39.4 Å². The van der Waals surface area contributed by atoms with Crippen LogP contribution in [0, 0.1) is 6.92 Å². The summed E-state index contributed by atoms with van der Waals surface area (Å²) in [5.74, 6) is 0.638. The molecule has 0 saturated carbocycles. The lowest BCUT2D eigenvalue weighted by atomic mass is 10.0. The Balaban J connectivity index is 1.39. The van der Waals surface area contributed by atoms with E-state index < -0.39 is 5.97 Å². The van der Waals surface area contributed by atoms with E-state index in [9.17, 15) is 9.59 Å². The van der Waals surface area contributed by atoms with Crippen molar-refractivity contribution in [3.8, 4) is 11.5 Å². The van der Waals surface area contributed by atoms with Gasteiger partial charge in [0.05, 0.1) is 5.69 Å². The molecule has 0 aliphatic carbocycles. The van der Waals surface area contributed by atoms with Gasteiger partial charge in [0, 0.05) is 23.7 Å². The third-order valence-electron chi connectivity index (χ3n) is 4.71. The molecule has 2 aromatic heterocycles. The minimum Gasteiger partial charge on any atom is -0.483 e. The summed E-state index contributed by atoms with van der Waals surface area (Å²) in [6.45, 7) is 5.49. The molecule has 7 nitrogen and oxygen atoms in total. The molecule has 1 aliphatic heterocycles. The summed E-state index contributed by atoms with van der Waals surface area (Å²) in [6.07, 6.45) is 0.784. The standard InChI is InChI=1S/C22H22N2O5/c1-14-6-4-9-18-23-16(10-19(25)24(14)18)12-28-20(26)13-27-17-8-5-7-15-11-22(2,3)29-21(15)17/h4-10H,11-13H2,1-3H3. The van der Waals surface area contributed by atoms with Crippen molar-refractivity contribution in [1.82, 2.24) is 9.38 Å². The van der Waals surface area contributed by atoms with Gasteiger partial charge in [0.25, 0.3) is 5.56 Å². The highest BCUT2D eigenvalue weighted by Gasteiger charge is 2.32. The van der Waals surface area contributed by atoms with E-state index in [1.54, 1.807) is 12.1 Å². The molecule has 0 spiro atoms. The van der Waals surface area contributed by atoms with E-state index in [-0.39, 0.29) is 24.4 Å². The molecule has 7 heteroatoms. The number of nitrogens with zero attached hydrogens (tertiary/aromatic N) is 2. The molecule has 1 aromatic carbocycles. The number of benzene rings is 1. The first-order valence-corrected chi connectivity index (χ1v) is 9.40. The topological polar surface area (TPSA) is 79.1 Å². The Kier molecular flexibility index (Phi) is 4.74. The minimum absolute atomic E-state index is 0.0989. The van der Waals surface area contributed by atoms with Crippen molar-refractivity contribution < 1.29 is 19.0 Å². The molecule has 0 unspecified atom stereocenters. The van der Waals surface area contributed by atoms with Crippen molar-refractivity contribution in [2.24, 2.45) is 0 Å². The summed E-state index contributed by atoms with van der Waals surface area (Å²) in [6, 6.07) is 12.4. The quantitative estimate of drug-likeness (QED) is 0.619. The number of ether oxygens (including phenoxy) is 3. The molecule has 0 radical (unpaired) electrons. The van der Waals surface area contributed by atoms with Gasteiger partial charge >= 0.3 is 5.97 Å². The maximum absolute atomic E-state index is 12.3. The molecule has 150 valence electrons. The van der Waals surface area contributed by atoms with Gasteiger partial charge in [-0.3, -0.25) is 9.20 Å². The molecule has 0 amide bonds. The number of rotatable bonds is 5. The van der Waals surface area contributed by atoms with Crippen LogP contribution in [0.25, 0.3) is 5.65 Å². The lowest BCUT2D eigenvalue weighted by molar-refractivity contribution is -0.147. The van der Waals surface area contributed by atoms with Crippen molar-refractivity contribution in [2.75, 3.05) is 6.61 Å². The predicted molar refractivity (Wildman–Crippen MR) is 106 cm³/mol. The van der Waals surface area contributed by atoms with E-state index in [0.29, 0.717) is 22.8 Å². The molecular weight excluding hydrogens is 372 g/mol. The monoisotopic (exact) mass is 394 g/mol. The number of carbonyl (C=O) groups excluding carboxylic acids is 1. The lowest BCUT2D eigenvalue weighted by Gasteiger charge is -2.18. The Bertz CT molecular complexity index is 1150. The van der Waals surface area contributed by atoms with Gasteiger partial charge in [-0.2, -0.15) is 0 Å². The van der Waals surface area contributed by atoms with Crippen LogP contribution in [0.15, 0.2) is 47.3 Å². The Morgan fingerprint density at radius 3 is 2.86 bits per heavy atom. The van der Waals surface area contributed by atoms with Crippen LogP contribution < -0.4 is 15.0 Å². The van der Waals surface area contributed by atoms with Crippen molar-refractivity contribution in [3.05, 3.63) is 69.8 Å². The van der Waals surface area contributed by atoms with Gasteiger partial charge in [-0.05, 0) is 39.0 Å². The predicted octanol–water partition coefficient (Wildman–Crippen LogP) is 2.84. The Hall–Kier alpha value is -3.35. The van der Waals surface area contributed by atoms with Crippen molar-refractivity contribution >= 4 is 11.6 Å². The molecule has 1 aliphatic rings. The third kappa shape index (κ3) is 3.94. The third-order valence-corrected chi connectivity index (χ3v) is 4.71. The van der Waals surface area contributed by atoms with E-state index in [1.807, 2.05) is 45.0 Å². The summed E-state index contributed by atoms with van der Waals surface area (Å²) in [5.41, 5.74) is 2.24. The Labute approximate surface area is 167 Å².